The first-order chi connectivity index (χ1) is 4.06. The highest BCUT2D eigenvalue weighted by atomic mass is 32.2. The van der Waals surface area contributed by atoms with E-state index in [9.17, 15) is 0 Å². The minimum atomic E-state index is 0.198. The highest BCUT2D eigenvalue weighted by Gasteiger charge is 2.02. The topological polar surface area (TPSA) is 23.8 Å². The van der Waals surface area contributed by atoms with Crippen LogP contribution in [0.15, 0.2) is 11.5 Å². The van der Waals surface area contributed by atoms with Gasteiger partial charge >= 0.3 is 0 Å². The molecule has 0 radical (unpaired) electrons. The molecule has 0 unspecified atom stereocenters. The quantitative estimate of drug-likeness (QED) is 0.524. The van der Waals surface area contributed by atoms with Gasteiger partial charge < -0.3 is 0 Å². The summed E-state index contributed by atoms with van der Waals surface area (Å²) in [6.45, 7) is 6.30. The molecule has 0 aromatic heterocycles. The van der Waals surface area contributed by atoms with Crippen molar-refractivity contribution in [3.63, 3.8) is 0 Å². The Labute approximate surface area is 60.8 Å². The van der Waals surface area contributed by atoms with E-state index in [0.717, 1.165) is 11.8 Å². The van der Waals surface area contributed by atoms with Gasteiger partial charge in [-0.1, -0.05) is 26.8 Å². The van der Waals surface area contributed by atoms with Crippen LogP contribution in [0.25, 0.3) is 0 Å². The lowest BCUT2D eigenvalue weighted by molar-refractivity contribution is 0.545. The second kappa shape index (κ2) is 3.58. The van der Waals surface area contributed by atoms with Crippen LogP contribution in [0.4, 0.5) is 0 Å². The second-order valence-corrected chi connectivity index (χ2v) is 3.57. The zero-order valence-corrected chi connectivity index (χ0v) is 6.83. The molecular formula is C7H11NS. The van der Waals surface area contributed by atoms with Crippen molar-refractivity contribution >= 4 is 11.8 Å². The van der Waals surface area contributed by atoms with Gasteiger partial charge in [0.25, 0.3) is 0 Å². The van der Waals surface area contributed by atoms with Gasteiger partial charge in [-0.2, -0.15) is 5.26 Å². The summed E-state index contributed by atoms with van der Waals surface area (Å²) in [7, 11) is 0. The van der Waals surface area contributed by atoms with Crippen molar-refractivity contribution < 1.29 is 0 Å². The third-order valence-electron chi connectivity index (χ3n) is 0.689. The zero-order valence-electron chi connectivity index (χ0n) is 6.01. The van der Waals surface area contributed by atoms with Crippen molar-refractivity contribution in [3.8, 4) is 5.40 Å². The molecule has 0 saturated heterocycles. The molecule has 0 N–H and O–H groups in total. The largest absolute Gasteiger partial charge is 0.185 e. The molecule has 0 rings (SSSR count). The SMILES string of the molecule is CC(C)(C)/C=C/SC#N. The van der Waals surface area contributed by atoms with Crippen molar-refractivity contribution in [2.75, 3.05) is 0 Å². The van der Waals surface area contributed by atoms with Gasteiger partial charge in [0.05, 0.1) is 0 Å². The summed E-state index contributed by atoms with van der Waals surface area (Å²) < 4.78 is 0. The van der Waals surface area contributed by atoms with Gasteiger partial charge in [-0.05, 0) is 22.6 Å². The van der Waals surface area contributed by atoms with Crippen LogP contribution in [-0.4, -0.2) is 0 Å². The van der Waals surface area contributed by atoms with Gasteiger partial charge in [-0.25, -0.2) is 0 Å². The van der Waals surface area contributed by atoms with E-state index in [1.54, 1.807) is 0 Å². The number of allylic oxidation sites excluding steroid dienone is 1. The van der Waals surface area contributed by atoms with E-state index in [1.165, 1.54) is 0 Å². The summed E-state index contributed by atoms with van der Waals surface area (Å²) in [6, 6.07) is 0. The number of thiocyanates is 1. The number of rotatable bonds is 1. The molecule has 2 heteroatoms. The number of hydrogen-bond acceptors (Lipinski definition) is 2. The Kier molecular flexibility index (Phi) is 3.41. The minimum Gasteiger partial charge on any atom is -0.185 e. The van der Waals surface area contributed by atoms with Crippen LogP contribution in [0.3, 0.4) is 0 Å². The van der Waals surface area contributed by atoms with Gasteiger partial charge in [-0.15, -0.1) is 0 Å². The lowest BCUT2D eigenvalue weighted by Gasteiger charge is -2.09. The molecule has 0 aromatic rings. The fourth-order valence-corrected chi connectivity index (χ4v) is 0.806. The van der Waals surface area contributed by atoms with E-state index >= 15 is 0 Å². The molecule has 0 fully saturated rings. The molecule has 0 saturated carbocycles. The molecule has 0 atom stereocenters. The highest BCUT2D eigenvalue weighted by Crippen LogP contribution is 2.16. The number of nitriles is 1. The number of thioether (sulfide) groups is 1. The predicted octanol–water partition coefficient (Wildman–Crippen LogP) is 2.76. The average molecular weight is 141 g/mol. The maximum Gasteiger partial charge on any atom is 0.137 e. The monoisotopic (exact) mass is 141 g/mol. The summed E-state index contributed by atoms with van der Waals surface area (Å²) in [5, 5.41) is 11.9. The molecule has 0 spiro atoms. The molecule has 1 nitrogen and oxygen atoms in total. The number of hydrogen-bond donors (Lipinski definition) is 0. The molecule has 0 amide bonds. The standard InChI is InChI=1S/C7H11NS/c1-7(2,3)4-5-9-6-8/h4-5H,1-3H3/b5-4+. The molecule has 0 aliphatic carbocycles. The lowest BCUT2D eigenvalue weighted by Crippen LogP contribution is -1.97. The first-order valence-electron chi connectivity index (χ1n) is 2.79. The van der Waals surface area contributed by atoms with Crippen molar-refractivity contribution in [1.82, 2.24) is 0 Å². The highest BCUT2D eigenvalue weighted by molar-refractivity contribution is 8.06. The molecule has 0 bridgehead atoms. The van der Waals surface area contributed by atoms with E-state index in [4.69, 9.17) is 5.26 Å². The van der Waals surface area contributed by atoms with Gasteiger partial charge in [0.15, 0.2) is 0 Å². The van der Waals surface area contributed by atoms with Crippen LogP contribution in [0.5, 0.6) is 0 Å². The van der Waals surface area contributed by atoms with E-state index < -0.39 is 0 Å². The minimum absolute atomic E-state index is 0.198. The van der Waals surface area contributed by atoms with Crippen molar-refractivity contribution in [3.05, 3.63) is 11.5 Å². The van der Waals surface area contributed by atoms with Gasteiger partial charge in [0, 0.05) is 0 Å². The van der Waals surface area contributed by atoms with Gasteiger partial charge in [0.2, 0.25) is 0 Å². The third kappa shape index (κ3) is 7.58. The Morgan fingerprint density at radius 2 is 2.00 bits per heavy atom. The summed E-state index contributed by atoms with van der Waals surface area (Å²) in [4.78, 5) is 0. The molecule has 0 aliphatic rings. The zero-order chi connectivity index (χ0) is 7.33. The molecule has 50 valence electrons. The molecule has 0 heterocycles. The summed E-state index contributed by atoms with van der Waals surface area (Å²) >= 11 is 1.16. The molecule has 0 aromatic carbocycles. The Bertz CT molecular complexity index is 136. The summed E-state index contributed by atoms with van der Waals surface area (Å²) in [5.74, 6) is 0. The van der Waals surface area contributed by atoms with E-state index in [-0.39, 0.29) is 5.41 Å². The normalized spacial score (nSPS) is 11.8. The summed E-state index contributed by atoms with van der Waals surface area (Å²) in [5.41, 5.74) is 0.198. The fourth-order valence-electron chi connectivity index (χ4n) is 0.269. The van der Waals surface area contributed by atoms with Crippen LogP contribution in [0.1, 0.15) is 20.8 Å². The first kappa shape index (κ1) is 8.58. The molecule has 0 aliphatic heterocycles. The Morgan fingerprint density at radius 1 is 1.44 bits per heavy atom. The molecular weight excluding hydrogens is 130 g/mol. The van der Waals surface area contributed by atoms with Crippen LogP contribution in [-0.2, 0) is 0 Å². The van der Waals surface area contributed by atoms with E-state index in [2.05, 4.69) is 20.8 Å². The van der Waals surface area contributed by atoms with Crippen molar-refractivity contribution in [2.45, 2.75) is 20.8 Å². The Balaban J connectivity index is 3.61. The van der Waals surface area contributed by atoms with Crippen LogP contribution >= 0.6 is 11.8 Å². The van der Waals surface area contributed by atoms with Crippen molar-refractivity contribution in [1.29, 1.82) is 5.26 Å². The smallest absolute Gasteiger partial charge is 0.137 e. The predicted molar refractivity (Wildman–Crippen MR) is 41.8 cm³/mol. The third-order valence-corrected chi connectivity index (χ3v) is 1.07. The van der Waals surface area contributed by atoms with Crippen LogP contribution < -0.4 is 0 Å². The average Bonchev–Trinajstić information content (AvgIpc) is 1.63. The first-order valence-corrected chi connectivity index (χ1v) is 3.67. The van der Waals surface area contributed by atoms with Gasteiger partial charge in [-0.3, -0.25) is 0 Å². The Morgan fingerprint density at radius 3 is 2.33 bits per heavy atom. The van der Waals surface area contributed by atoms with Gasteiger partial charge in [0.1, 0.15) is 5.40 Å². The molecule has 9 heavy (non-hydrogen) atoms. The maximum atomic E-state index is 8.12. The van der Waals surface area contributed by atoms with E-state index in [1.807, 2.05) is 16.9 Å². The lowest BCUT2D eigenvalue weighted by atomic mass is 9.98. The Hall–Kier alpha value is -0.420. The van der Waals surface area contributed by atoms with E-state index in [0.29, 0.717) is 0 Å². The van der Waals surface area contributed by atoms with Crippen LogP contribution in [0.2, 0.25) is 0 Å². The van der Waals surface area contributed by atoms with Crippen LogP contribution in [0, 0.1) is 16.1 Å². The maximum absolute atomic E-state index is 8.12. The fraction of sp³-hybridized carbons (Fsp3) is 0.571. The summed E-state index contributed by atoms with van der Waals surface area (Å²) in [6.07, 6.45) is 2.01. The second-order valence-electron chi connectivity index (χ2n) is 2.88. The van der Waals surface area contributed by atoms with Crippen molar-refractivity contribution in [2.24, 2.45) is 5.41 Å². The number of nitrogens with zero attached hydrogens (tertiary/aromatic N) is 1.